The van der Waals surface area contributed by atoms with Gasteiger partial charge in [-0.2, -0.15) is 4.98 Å². The fourth-order valence-corrected chi connectivity index (χ4v) is 1.99. The Kier molecular flexibility index (Phi) is 5.30. The summed E-state index contributed by atoms with van der Waals surface area (Å²) >= 11 is 0. The second-order valence-electron chi connectivity index (χ2n) is 4.51. The average Bonchev–Trinajstić information content (AvgIpc) is 2.55. The molecule has 0 fully saturated rings. The van der Waals surface area contributed by atoms with E-state index in [0.29, 0.717) is 24.3 Å². The first-order valence-corrected chi connectivity index (χ1v) is 6.76. The van der Waals surface area contributed by atoms with Crippen molar-refractivity contribution in [1.29, 1.82) is 0 Å². The number of pyridine rings is 1. The number of halogens is 1. The molecule has 2 rings (SSSR count). The smallest absolute Gasteiger partial charge is 0.343 e. The van der Waals surface area contributed by atoms with Gasteiger partial charge in [0.05, 0.1) is 14.2 Å². The summed E-state index contributed by atoms with van der Waals surface area (Å²) in [4.78, 5) is 15.7. The first-order chi connectivity index (χ1) is 10.7. The summed E-state index contributed by atoms with van der Waals surface area (Å²) in [6, 6.07) is 9.85. The van der Waals surface area contributed by atoms with Gasteiger partial charge in [0, 0.05) is 6.54 Å². The standard InChI is InChI=1S/C16H17FN2O3/c1-21-15-12(16(20)22-2)7-8-14(19-15)18-10-9-11-5-3-4-6-13(11)17/h3-8H,9-10H2,1-2H3,(H,18,19). The zero-order valence-electron chi connectivity index (χ0n) is 12.4. The van der Waals surface area contributed by atoms with Gasteiger partial charge in [0.15, 0.2) is 0 Å². The molecule has 0 saturated carbocycles. The van der Waals surface area contributed by atoms with E-state index in [-0.39, 0.29) is 17.3 Å². The topological polar surface area (TPSA) is 60.5 Å². The number of nitrogens with zero attached hydrogens (tertiary/aromatic N) is 1. The summed E-state index contributed by atoms with van der Waals surface area (Å²) in [5.74, 6) is -0.0123. The quantitative estimate of drug-likeness (QED) is 0.831. The minimum absolute atomic E-state index is 0.183. The molecule has 0 aliphatic carbocycles. The zero-order valence-corrected chi connectivity index (χ0v) is 12.4. The van der Waals surface area contributed by atoms with E-state index in [1.165, 1.54) is 20.3 Å². The van der Waals surface area contributed by atoms with E-state index < -0.39 is 5.97 Å². The van der Waals surface area contributed by atoms with Crippen molar-refractivity contribution in [1.82, 2.24) is 4.98 Å². The fourth-order valence-electron chi connectivity index (χ4n) is 1.99. The maximum Gasteiger partial charge on any atom is 0.343 e. The number of rotatable bonds is 6. The predicted molar refractivity (Wildman–Crippen MR) is 80.7 cm³/mol. The highest BCUT2D eigenvalue weighted by atomic mass is 19.1. The molecule has 0 aliphatic rings. The Hall–Kier alpha value is -2.63. The second-order valence-corrected chi connectivity index (χ2v) is 4.51. The lowest BCUT2D eigenvalue weighted by molar-refractivity contribution is 0.0596. The molecule has 6 heteroatoms. The third-order valence-corrected chi connectivity index (χ3v) is 3.12. The predicted octanol–water partition coefficient (Wildman–Crippen LogP) is 2.67. The number of carbonyl (C=O) groups is 1. The van der Waals surface area contributed by atoms with Crippen molar-refractivity contribution >= 4 is 11.8 Å². The summed E-state index contributed by atoms with van der Waals surface area (Å²) in [7, 11) is 2.72. The van der Waals surface area contributed by atoms with Crippen LogP contribution < -0.4 is 10.1 Å². The van der Waals surface area contributed by atoms with Crippen LogP contribution in [0.1, 0.15) is 15.9 Å². The van der Waals surface area contributed by atoms with Gasteiger partial charge in [0.2, 0.25) is 5.88 Å². The maximum absolute atomic E-state index is 13.5. The van der Waals surface area contributed by atoms with Gasteiger partial charge in [0.1, 0.15) is 17.2 Å². The Labute approximate surface area is 128 Å². The van der Waals surface area contributed by atoms with Gasteiger partial charge in [0.25, 0.3) is 0 Å². The van der Waals surface area contributed by atoms with Crippen molar-refractivity contribution in [3.63, 3.8) is 0 Å². The molecule has 0 saturated heterocycles. The third-order valence-electron chi connectivity index (χ3n) is 3.12. The zero-order chi connectivity index (χ0) is 15.9. The van der Waals surface area contributed by atoms with Crippen molar-refractivity contribution in [3.8, 4) is 5.88 Å². The van der Waals surface area contributed by atoms with Crippen LogP contribution in [0, 0.1) is 5.82 Å². The highest BCUT2D eigenvalue weighted by molar-refractivity contribution is 5.92. The molecular weight excluding hydrogens is 287 g/mol. The Balaban J connectivity index is 2.02. The molecule has 22 heavy (non-hydrogen) atoms. The summed E-state index contributed by atoms with van der Waals surface area (Å²) in [6.07, 6.45) is 0.523. The number of ether oxygens (including phenoxy) is 2. The van der Waals surface area contributed by atoms with E-state index in [1.54, 1.807) is 30.3 Å². The van der Waals surface area contributed by atoms with Crippen molar-refractivity contribution < 1.29 is 18.7 Å². The molecule has 1 aromatic heterocycles. The van der Waals surface area contributed by atoms with Gasteiger partial charge in [-0.05, 0) is 30.2 Å². The molecular formula is C16H17FN2O3. The lowest BCUT2D eigenvalue weighted by Crippen LogP contribution is -2.10. The Bertz CT molecular complexity index is 662. The van der Waals surface area contributed by atoms with Crippen LogP contribution in [0.25, 0.3) is 0 Å². The number of nitrogens with one attached hydrogen (secondary N) is 1. The van der Waals surface area contributed by atoms with Gasteiger partial charge in [-0.1, -0.05) is 18.2 Å². The highest BCUT2D eigenvalue weighted by Gasteiger charge is 2.14. The van der Waals surface area contributed by atoms with Crippen molar-refractivity contribution in [3.05, 3.63) is 53.3 Å². The number of benzene rings is 1. The molecule has 0 aliphatic heterocycles. The molecule has 0 radical (unpaired) electrons. The van der Waals surface area contributed by atoms with Crippen molar-refractivity contribution in [2.24, 2.45) is 0 Å². The molecule has 1 N–H and O–H groups in total. The molecule has 0 amide bonds. The van der Waals surface area contributed by atoms with Gasteiger partial charge >= 0.3 is 5.97 Å². The molecule has 0 spiro atoms. The van der Waals surface area contributed by atoms with Crippen LogP contribution in [0.4, 0.5) is 10.2 Å². The van der Waals surface area contributed by atoms with Crippen molar-refractivity contribution in [2.75, 3.05) is 26.1 Å². The summed E-state index contributed by atoms with van der Waals surface area (Å²) in [5.41, 5.74) is 0.887. The molecule has 1 heterocycles. The molecule has 0 atom stereocenters. The molecule has 5 nitrogen and oxygen atoms in total. The van der Waals surface area contributed by atoms with Crippen molar-refractivity contribution in [2.45, 2.75) is 6.42 Å². The Morgan fingerprint density at radius 3 is 2.68 bits per heavy atom. The van der Waals surface area contributed by atoms with Gasteiger partial charge < -0.3 is 14.8 Å². The fraction of sp³-hybridized carbons (Fsp3) is 0.250. The monoisotopic (exact) mass is 304 g/mol. The van der Waals surface area contributed by atoms with Crippen LogP contribution in [0.2, 0.25) is 0 Å². The van der Waals surface area contributed by atoms with Crippen LogP contribution in [0.5, 0.6) is 5.88 Å². The molecule has 1 aromatic carbocycles. The first-order valence-electron chi connectivity index (χ1n) is 6.76. The molecule has 0 bridgehead atoms. The van der Waals surface area contributed by atoms with Crippen LogP contribution in [0.15, 0.2) is 36.4 Å². The molecule has 116 valence electrons. The number of hydrogen-bond donors (Lipinski definition) is 1. The number of aromatic nitrogens is 1. The van der Waals surface area contributed by atoms with E-state index in [4.69, 9.17) is 4.74 Å². The summed E-state index contributed by atoms with van der Waals surface area (Å²) in [6.45, 7) is 0.509. The lowest BCUT2D eigenvalue weighted by atomic mass is 10.1. The largest absolute Gasteiger partial charge is 0.480 e. The van der Waals surface area contributed by atoms with Crippen LogP contribution >= 0.6 is 0 Å². The lowest BCUT2D eigenvalue weighted by Gasteiger charge is -2.10. The SMILES string of the molecule is COC(=O)c1ccc(NCCc2ccccc2F)nc1OC. The van der Waals surface area contributed by atoms with E-state index in [2.05, 4.69) is 15.0 Å². The number of methoxy groups -OCH3 is 2. The number of anilines is 1. The summed E-state index contributed by atoms with van der Waals surface area (Å²) in [5, 5.41) is 3.07. The van der Waals surface area contributed by atoms with Gasteiger partial charge in [-0.15, -0.1) is 0 Å². The first kappa shape index (κ1) is 15.8. The Morgan fingerprint density at radius 1 is 1.23 bits per heavy atom. The van der Waals surface area contributed by atoms with Gasteiger partial charge in [-0.25, -0.2) is 9.18 Å². The molecule has 0 unspecified atom stereocenters. The normalized spacial score (nSPS) is 10.1. The minimum atomic E-state index is -0.512. The van der Waals surface area contributed by atoms with Crippen LogP contribution in [-0.2, 0) is 11.2 Å². The average molecular weight is 304 g/mol. The molecule has 2 aromatic rings. The minimum Gasteiger partial charge on any atom is -0.480 e. The number of hydrogen-bond acceptors (Lipinski definition) is 5. The van der Waals surface area contributed by atoms with E-state index in [1.807, 2.05) is 0 Å². The van der Waals surface area contributed by atoms with E-state index in [9.17, 15) is 9.18 Å². The van der Waals surface area contributed by atoms with Crippen LogP contribution in [-0.4, -0.2) is 31.7 Å². The third kappa shape index (κ3) is 3.72. The van der Waals surface area contributed by atoms with E-state index in [0.717, 1.165) is 0 Å². The maximum atomic E-state index is 13.5. The second kappa shape index (κ2) is 7.40. The highest BCUT2D eigenvalue weighted by Crippen LogP contribution is 2.19. The summed E-state index contributed by atoms with van der Waals surface area (Å²) < 4.78 is 23.2. The Morgan fingerprint density at radius 2 is 2.00 bits per heavy atom. The number of carbonyl (C=O) groups excluding carboxylic acids is 1. The van der Waals surface area contributed by atoms with E-state index >= 15 is 0 Å². The number of esters is 1. The van der Waals surface area contributed by atoms with Crippen LogP contribution in [0.3, 0.4) is 0 Å². The van der Waals surface area contributed by atoms with Gasteiger partial charge in [-0.3, -0.25) is 0 Å².